The highest BCUT2D eigenvalue weighted by atomic mass is 32.2. The first-order chi connectivity index (χ1) is 13.1. The minimum atomic E-state index is -3.80. The van der Waals surface area contributed by atoms with Crippen molar-refractivity contribution < 1.29 is 33.3 Å². The number of aliphatic carboxylic acids is 1. The number of nitrogens with zero attached hydrogens (tertiary/aromatic N) is 4. The first-order valence-electron chi connectivity index (χ1n) is 8.24. The summed E-state index contributed by atoms with van der Waals surface area (Å²) in [4.78, 5) is 22.6. The van der Waals surface area contributed by atoms with E-state index in [0.29, 0.717) is 0 Å². The van der Waals surface area contributed by atoms with Gasteiger partial charge in [0.2, 0.25) is 0 Å². The number of rotatable bonds is 7. The molecule has 28 heavy (non-hydrogen) atoms. The summed E-state index contributed by atoms with van der Waals surface area (Å²) in [5, 5.41) is 29.3. The molecule has 14 heteroatoms. The number of carbonyl (C=O) groups is 1. The second-order valence-electron chi connectivity index (χ2n) is 6.48. The van der Waals surface area contributed by atoms with Crippen molar-refractivity contribution >= 4 is 32.8 Å². The fourth-order valence-corrected chi connectivity index (χ4v) is 4.47. The van der Waals surface area contributed by atoms with E-state index < -0.39 is 57.9 Å². The number of anilines is 1. The molecule has 3 heterocycles. The average molecular weight is 416 g/mol. The van der Waals surface area contributed by atoms with Gasteiger partial charge in [-0.05, 0) is 6.42 Å². The molecule has 154 valence electrons. The maximum absolute atomic E-state index is 12.2. The van der Waals surface area contributed by atoms with Crippen molar-refractivity contribution in [3.63, 3.8) is 0 Å². The Morgan fingerprint density at radius 1 is 1.29 bits per heavy atom. The van der Waals surface area contributed by atoms with E-state index in [2.05, 4.69) is 15.0 Å². The number of aliphatic hydroxyl groups is 2. The molecule has 1 aliphatic rings. The van der Waals surface area contributed by atoms with Gasteiger partial charge in [0.25, 0.3) is 0 Å². The summed E-state index contributed by atoms with van der Waals surface area (Å²) >= 11 is 0. The van der Waals surface area contributed by atoms with Crippen molar-refractivity contribution in [2.24, 2.45) is 5.73 Å². The van der Waals surface area contributed by atoms with Gasteiger partial charge in [-0.1, -0.05) is 0 Å². The van der Waals surface area contributed by atoms with Crippen molar-refractivity contribution in [1.82, 2.24) is 19.5 Å². The van der Waals surface area contributed by atoms with Crippen LogP contribution in [0.5, 0.6) is 0 Å². The molecule has 0 bridgehead atoms. The number of fused-ring (bicyclic) bond motifs is 1. The van der Waals surface area contributed by atoms with Crippen LogP contribution in [0.15, 0.2) is 12.7 Å². The van der Waals surface area contributed by atoms with E-state index in [1.54, 1.807) is 0 Å². The Balaban J connectivity index is 1.75. The Hall–Kier alpha value is -2.39. The van der Waals surface area contributed by atoms with Gasteiger partial charge in [-0.2, -0.15) is 0 Å². The zero-order chi connectivity index (χ0) is 20.6. The topological polar surface area (TPSA) is 217 Å². The van der Waals surface area contributed by atoms with E-state index in [4.69, 9.17) is 21.3 Å². The summed E-state index contributed by atoms with van der Waals surface area (Å²) in [6.07, 6.45) is -3.12. The minimum Gasteiger partial charge on any atom is -0.480 e. The smallest absolute Gasteiger partial charge is 0.320 e. The van der Waals surface area contributed by atoms with Crippen LogP contribution in [-0.4, -0.2) is 85.1 Å². The maximum Gasteiger partial charge on any atom is 0.320 e. The molecular weight excluding hydrogens is 396 g/mol. The number of imidazole rings is 1. The van der Waals surface area contributed by atoms with E-state index >= 15 is 0 Å². The third-order valence-electron chi connectivity index (χ3n) is 4.47. The fraction of sp³-hybridized carbons (Fsp3) is 0.571. The van der Waals surface area contributed by atoms with Gasteiger partial charge in [0, 0.05) is 0 Å². The lowest BCUT2D eigenvalue weighted by molar-refractivity contribution is -0.138. The van der Waals surface area contributed by atoms with E-state index in [0.717, 1.165) is 0 Å². The normalized spacial score (nSPS) is 26.5. The summed E-state index contributed by atoms with van der Waals surface area (Å²) in [5.41, 5.74) is 11.5. The molecular formula is C14H20N6O7S. The molecule has 3 rings (SSSR count). The maximum atomic E-state index is 12.2. The fourth-order valence-electron chi connectivity index (χ4n) is 2.92. The number of sulfone groups is 1. The van der Waals surface area contributed by atoms with Crippen LogP contribution in [0.25, 0.3) is 11.2 Å². The molecule has 1 fully saturated rings. The van der Waals surface area contributed by atoms with Crippen molar-refractivity contribution in [1.29, 1.82) is 0 Å². The van der Waals surface area contributed by atoms with Crippen molar-refractivity contribution in [2.45, 2.75) is 37.0 Å². The quantitative estimate of drug-likeness (QED) is 0.310. The lowest BCUT2D eigenvalue weighted by Crippen LogP contribution is -2.37. The van der Waals surface area contributed by atoms with E-state index in [1.165, 1.54) is 17.2 Å². The summed E-state index contributed by atoms with van der Waals surface area (Å²) in [7, 11) is -3.80. The molecule has 2 aromatic heterocycles. The minimum absolute atomic E-state index is 0.116. The molecule has 1 unspecified atom stereocenters. The second-order valence-corrected chi connectivity index (χ2v) is 8.71. The van der Waals surface area contributed by atoms with Crippen LogP contribution in [0.2, 0.25) is 0 Å². The molecule has 13 nitrogen and oxygen atoms in total. The molecule has 0 spiro atoms. The van der Waals surface area contributed by atoms with Gasteiger partial charge < -0.3 is 31.5 Å². The van der Waals surface area contributed by atoms with E-state index in [9.17, 15) is 23.4 Å². The van der Waals surface area contributed by atoms with Gasteiger partial charge in [0.05, 0.1) is 17.8 Å². The summed E-state index contributed by atoms with van der Waals surface area (Å²) in [5.74, 6) is -2.30. The largest absolute Gasteiger partial charge is 0.480 e. The Morgan fingerprint density at radius 2 is 2.00 bits per heavy atom. The van der Waals surface area contributed by atoms with Gasteiger partial charge in [-0.3, -0.25) is 9.36 Å². The van der Waals surface area contributed by atoms with Crippen LogP contribution in [0.1, 0.15) is 12.6 Å². The molecule has 0 aliphatic carbocycles. The van der Waals surface area contributed by atoms with Gasteiger partial charge in [0.15, 0.2) is 27.5 Å². The predicted octanol–water partition coefficient (Wildman–Crippen LogP) is -2.76. The molecule has 0 aromatic carbocycles. The number of carboxylic acids is 1. The zero-order valence-electron chi connectivity index (χ0n) is 14.5. The molecule has 5 atom stereocenters. The number of nitrogen functional groups attached to an aromatic ring is 1. The Labute approximate surface area is 158 Å². The van der Waals surface area contributed by atoms with Gasteiger partial charge >= 0.3 is 5.97 Å². The first-order valence-corrected chi connectivity index (χ1v) is 10.1. The number of hydrogen-bond acceptors (Lipinski definition) is 11. The van der Waals surface area contributed by atoms with Crippen LogP contribution in [-0.2, 0) is 19.4 Å². The first kappa shape index (κ1) is 20.3. The molecule has 0 saturated carbocycles. The van der Waals surface area contributed by atoms with Crippen LogP contribution in [0.4, 0.5) is 5.82 Å². The number of aromatic nitrogens is 4. The van der Waals surface area contributed by atoms with Crippen molar-refractivity contribution in [3.05, 3.63) is 12.7 Å². The van der Waals surface area contributed by atoms with Crippen LogP contribution < -0.4 is 11.5 Å². The summed E-state index contributed by atoms with van der Waals surface area (Å²) in [6, 6.07) is -1.31. The lowest BCUT2D eigenvalue weighted by atomic mass is 10.1. The SMILES string of the molecule is Nc1ncnc2c1ncn2[C@@H]1O[C@H](CS(=O)(=O)CC[C@H](N)C(=O)O)[C@H](O)C1O. The predicted molar refractivity (Wildman–Crippen MR) is 94.5 cm³/mol. The molecule has 0 amide bonds. The summed E-state index contributed by atoms with van der Waals surface area (Å²) in [6.45, 7) is 0. The highest BCUT2D eigenvalue weighted by molar-refractivity contribution is 7.91. The summed E-state index contributed by atoms with van der Waals surface area (Å²) < 4.78 is 31.4. The highest BCUT2D eigenvalue weighted by Crippen LogP contribution is 2.32. The lowest BCUT2D eigenvalue weighted by Gasteiger charge is -2.16. The Morgan fingerprint density at radius 3 is 2.68 bits per heavy atom. The Bertz CT molecular complexity index is 980. The Kier molecular flexibility index (Phi) is 5.49. The van der Waals surface area contributed by atoms with Gasteiger partial charge in [-0.25, -0.2) is 23.4 Å². The third-order valence-corrected chi connectivity index (χ3v) is 6.17. The van der Waals surface area contributed by atoms with Crippen LogP contribution >= 0.6 is 0 Å². The number of nitrogens with two attached hydrogens (primary N) is 2. The number of ether oxygens (including phenoxy) is 1. The van der Waals surface area contributed by atoms with E-state index in [1.807, 2.05) is 0 Å². The highest BCUT2D eigenvalue weighted by Gasteiger charge is 2.46. The number of aliphatic hydroxyl groups excluding tert-OH is 2. The third kappa shape index (κ3) is 3.90. The van der Waals surface area contributed by atoms with Crippen LogP contribution in [0.3, 0.4) is 0 Å². The number of carboxylic acid groups (broad SMARTS) is 1. The molecule has 2 aromatic rings. The standard InChI is InChI=1S/C14H20N6O7S/c15-6(14(23)24)1-2-28(25,26)3-7-9(21)10(22)13(27-7)20-5-19-8-11(16)17-4-18-12(8)20/h4-7,9-10,13,21-22H,1-3,15H2,(H,23,24)(H2,16,17,18)/t6-,7+,9-,10?,13+/m0/s1. The molecule has 0 radical (unpaired) electrons. The van der Waals surface area contributed by atoms with E-state index in [-0.39, 0.29) is 23.4 Å². The molecule has 1 saturated heterocycles. The van der Waals surface area contributed by atoms with Gasteiger partial charge in [-0.15, -0.1) is 0 Å². The zero-order valence-corrected chi connectivity index (χ0v) is 15.3. The molecule has 1 aliphatic heterocycles. The molecule has 7 N–H and O–H groups in total. The second kappa shape index (κ2) is 7.56. The number of hydrogen-bond donors (Lipinski definition) is 5. The van der Waals surface area contributed by atoms with Crippen molar-refractivity contribution in [3.8, 4) is 0 Å². The van der Waals surface area contributed by atoms with Crippen molar-refractivity contribution in [2.75, 3.05) is 17.2 Å². The van der Waals surface area contributed by atoms with Gasteiger partial charge in [0.1, 0.15) is 36.2 Å². The monoisotopic (exact) mass is 416 g/mol. The van der Waals surface area contributed by atoms with Crippen LogP contribution in [0, 0.1) is 0 Å². The average Bonchev–Trinajstić information content (AvgIpc) is 3.17.